The van der Waals surface area contributed by atoms with Crippen LogP contribution in [0.3, 0.4) is 0 Å². The Bertz CT molecular complexity index is 528. The quantitative estimate of drug-likeness (QED) is 0.786. The molecule has 3 N–H and O–H groups in total. The Balaban J connectivity index is 1.94. The predicted molar refractivity (Wildman–Crippen MR) is 74.6 cm³/mol. The highest BCUT2D eigenvalue weighted by Gasteiger charge is 2.43. The lowest BCUT2D eigenvalue weighted by Crippen LogP contribution is -2.59. The van der Waals surface area contributed by atoms with Crippen LogP contribution >= 0.6 is 0 Å². The van der Waals surface area contributed by atoms with Crippen LogP contribution in [0.5, 0.6) is 0 Å². The molecular formula is C14H21N3O4. The number of nitrogens with one attached hydrogen (secondary N) is 2. The fourth-order valence-corrected chi connectivity index (χ4v) is 2.85. The number of rotatable bonds is 4. The van der Waals surface area contributed by atoms with E-state index in [4.69, 9.17) is 4.52 Å². The summed E-state index contributed by atoms with van der Waals surface area (Å²) in [4.78, 5) is 23.5. The molecule has 116 valence electrons. The zero-order chi connectivity index (χ0) is 15.5. The minimum absolute atomic E-state index is 0.203. The van der Waals surface area contributed by atoms with E-state index >= 15 is 0 Å². The van der Waals surface area contributed by atoms with E-state index in [-0.39, 0.29) is 12.5 Å². The van der Waals surface area contributed by atoms with Gasteiger partial charge in [-0.05, 0) is 25.7 Å². The van der Waals surface area contributed by atoms with Crippen LogP contribution in [0.25, 0.3) is 0 Å². The minimum Gasteiger partial charge on any atom is -0.480 e. The van der Waals surface area contributed by atoms with Gasteiger partial charge in [0, 0.05) is 6.07 Å². The smallest absolute Gasteiger partial charge is 0.329 e. The molecule has 0 bridgehead atoms. The van der Waals surface area contributed by atoms with E-state index in [1.54, 1.807) is 13.0 Å². The number of hydrogen-bond acceptors (Lipinski definition) is 4. The van der Waals surface area contributed by atoms with E-state index in [0.717, 1.165) is 12.8 Å². The van der Waals surface area contributed by atoms with Crippen LogP contribution < -0.4 is 10.6 Å². The molecule has 1 aromatic rings. The highest BCUT2D eigenvalue weighted by Crippen LogP contribution is 2.32. The first-order chi connectivity index (χ1) is 9.91. The number of carboxylic acid groups (broad SMARTS) is 1. The average Bonchev–Trinajstić information content (AvgIpc) is 2.82. The van der Waals surface area contributed by atoms with Crippen molar-refractivity contribution in [2.24, 2.45) is 5.92 Å². The molecule has 1 aliphatic rings. The molecule has 1 aromatic heterocycles. The fourth-order valence-electron chi connectivity index (χ4n) is 2.85. The molecule has 0 aliphatic heterocycles. The van der Waals surface area contributed by atoms with Crippen molar-refractivity contribution in [1.82, 2.24) is 15.8 Å². The summed E-state index contributed by atoms with van der Waals surface area (Å²) in [7, 11) is 0. The summed E-state index contributed by atoms with van der Waals surface area (Å²) in [6.07, 6.45) is 2.72. The number of urea groups is 1. The van der Waals surface area contributed by atoms with Gasteiger partial charge < -0.3 is 20.3 Å². The number of aryl methyl sites for hydroxylation is 1. The van der Waals surface area contributed by atoms with Crippen LogP contribution in [0.2, 0.25) is 0 Å². The minimum atomic E-state index is -1.17. The molecule has 1 heterocycles. The highest BCUT2D eigenvalue weighted by molar-refractivity contribution is 5.86. The van der Waals surface area contributed by atoms with Crippen molar-refractivity contribution in [3.05, 3.63) is 17.5 Å². The molecule has 7 heteroatoms. The van der Waals surface area contributed by atoms with Crippen molar-refractivity contribution in [2.75, 3.05) is 0 Å². The van der Waals surface area contributed by atoms with E-state index in [9.17, 15) is 14.7 Å². The largest absolute Gasteiger partial charge is 0.480 e. The van der Waals surface area contributed by atoms with Crippen molar-refractivity contribution in [2.45, 2.75) is 51.6 Å². The Hall–Kier alpha value is -2.05. The summed E-state index contributed by atoms with van der Waals surface area (Å²) in [5, 5.41) is 18.5. The normalized spacial score (nSPS) is 25.3. The third-order valence-electron chi connectivity index (χ3n) is 3.87. The Morgan fingerprint density at radius 1 is 1.57 bits per heavy atom. The van der Waals surface area contributed by atoms with Crippen LogP contribution in [-0.2, 0) is 11.3 Å². The van der Waals surface area contributed by atoms with Crippen LogP contribution in [0.4, 0.5) is 4.79 Å². The number of carbonyl (C=O) groups is 2. The molecule has 2 amide bonds. The maximum atomic E-state index is 12.0. The van der Waals surface area contributed by atoms with Crippen LogP contribution in [0.15, 0.2) is 10.6 Å². The maximum Gasteiger partial charge on any atom is 0.329 e. The number of aromatic nitrogens is 1. The Labute approximate surface area is 123 Å². The number of carbonyl (C=O) groups excluding carboxylic acids is 1. The SMILES string of the molecule is Cc1cc(CNC(=O)NC2(C(=O)O)CCCC(C)C2)no1. The lowest BCUT2D eigenvalue weighted by Gasteiger charge is -2.36. The average molecular weight is 295 g/mol. The second kappa shape index (κ2) is 6.15. The van der Waals surface area contributed by atoms with Crippen molar-refractivity contribution < 1.29 is 19.2 Å². The molecule has 21 heavy (non-hydrogen) atoms. The molecule has 2 unspecified atom stereocenters. The summed E-state index contributed by atoms with van der Waals surface area (Å²) in [6, 6.07) is 1.22. The molecule has 0 radical (unpaired) electrons. The van der Waals surface area contributed by atoms with Crippen molar-refractivity contribution in [1.29, 1.82) is 0 Å². The summed E-state index contributed by atoms with van der Waals surface area (Å²) in [5.41, 5.74) is -0.564. The molecule has 0 spiro atoms. The predicted octanol–water partition coefficient (Wildman–Crippen LogP) is 1.82. The molecule has 0 aromatic carbocycles. The standard InChI is InChI=1S/C14H21N3O4/c1-9-4-3-5-14(7-9,12(18)19)16-13(20)15-8-11-6-10(2)21-17-11/h6,9H,3-5,7-8H2,1-2H3,(H,18,19)(H2,15,16,20). The first-order valence-electron chi connectivity index (χ1n) is 7.13. The van der Waals surface area contributed by atoms with E-state index in [1.807, 2.05) is 6.92 Å². The van der Waals surface area contributed by atoms with E-state index in [1.165, 1.54) is 0 Å². The maximum absolute atomic E-state index is 12.0. The van der Waals surface area contributed by atoms with E-state index in [0.29, 0.717) is 24.3 Å². The Morgan fingerprint density at radius 3 is 2.90 bits per heavy atom. The molecule has 1 fully saturated rings. The van der Waals surface area contributed by atoms with Crippen molar-refractivity contribution >= 4 is 12.0 Å². The van der Waals surface area contributed by atoms with Gasteiger partial charge in [0.1, 0.15) is 17.0 Å². The van der Waals surface area contributed by atoms with Gasteiger partial charge in [0.15, 0.2) is 0 Å². The fraction of sp³-hybridized carbons (Fsp3) is 0.643. The van der Waals surface area contributed by atoms with Gasteiger partial charge in [-0.3, -0.25) is 0 Å². The number of carboxylic acids is 1. The number of amides is 2. The van der Waals surface area contributed by atoms with Gasteiger partial charge in [0.05, 0.1) is 6.54 Å². The van der Waals surface area contributed by atoms with Gasteiger partial charge in [-0.15, -0.1) is 0 Å². The first kappa shape index (κ1) is 15.3. The third-order valence-corrected chi connectivity index (χ3v) is 3.87. The number of hydrogen-bond donors (Lipinski definition) is 3. The number of nitrogens with zero attached hydrogens (tertiary/aromatic N) is 1. The highest BCUT2D eigenvalue weighted by atomic mass is 16.5. The lowest BCUT2D eigenvalue weighted by atomic mass is 9.76. The summed E-state index contributed by atoms with van der Waals surface area (Å²) in [5.74, 6) is -0.0230. The Morgan fingerprint density at radius 2 is 2.33 bits per heavy atom. The lowest BCUT2D eigenvalue weighted by molar-refractivity contribution is -0.146. The van der Waals surface area contributed by atoms with Gasteiger partial charge in [-0.25, -0.2) is 9.59 Å². The van der Waals surface area contributed by atoms with E-state index in [2.05, 4.69) is 15.8 Å². The third kappa shape index (κ3) is 3.74. The molecule has 1 aliphatic carbocycles. The molecular weight excluding hydrogens is 274 g/mol. The van der Waals surface area contributed by atoms with Gasteiger partial charge >= 0.3 is 12.0 Å². The topological polar surface area (TPSA) is 104 Å². The monoisotopic (exact) mass is 295 g/mol. The van der Waals surface area contributed by atoms with E-state index < -0.39 is 17.5 Å². The van der Waals surface area contributed by atoms with Crippen LogP contribution in [0.1, 0.15) is 44.1 Å². The van der Waals surface area contributed by atoms with Gasteiger partial charge in [-0.1, -0.05) is 24.9 Å². The molecule has 0 saturated heterocycles. The summed E-state index contributed by atoms with van der Waals surface area (Å²) < 4.78 is 4.90. The van der Waals surface area contributed by atoms with Crippen LogP contribution in [-0.4, -0.2) is 27.8 Å². The van der Waals surface area contributed by atoms with Gasteiger partial charge in [0.25, 0.3) is 0 Å². The first-order valence-corrected chi connectivity index (χ1v) is 7.13. The summed E-state index contributed by atoms with van der Waals surface area (Å²) >= 11 is 0. The zero-order valence-electron chi connectivity index (χ0n) is 12.3. The van der Waals surface area contributed by atoms with Crippen molar-refractivity contribution in [3.8, 4) is 0 Å². The molecule has 1 saturated carbocycles. The second-order valence-corrected chi connectivity index (χ2v) is 5.83. The van der Waals surface area contributed by atoms with Crippen LogP contribution in [0, 0.1) is 12.8 Å². The second-order valence-electron chi connectivity index (χ2n) is 5.83. The van der Waals surface area contributed by atoms with Gasteiger partial charge in [0.2, 0.25) is 0 Å². The van der Waals surface area contributed by atoms with Crippen molar-refractivity contribution in [3.63, 3.8) is 0 Å². The Kier molecular flexibility index (Phi) is 4.50. The molecule has 7 nitrogen and oxygen atoms in total. The zero-order valence-corrected chi connectivity index (χ0v) is 12.3. The summed E-state index contributed by atoms with van der Waals surface area (Å²) in [6.45, 7) is 3.97. The van der Waals surface area contributed by atoms with Gasteiger partial charge in [-0.2, -0.15) is 0 Å². The number of aliphatic carboxylic acids is 1. The molecule has 2 atom stereocenters. The molecule has 2 rings (SSSR count).